The highest BCUT2D eigenvalue weighted by molar-refractivity contribution is 5.92. The number of amides is 1. The lowest BCUT2D eigenvalue weighted by molar-refractivity contribution is 0.0494. The number of carbonyl (C=O) groups is 1. The Morgan fingerprint density at radius 3 is 2.58 bits per heavy atom. The number of aromatic nitrogens is 4. The van der Waals surface area contributed by atoms with Crippen molar-refractivity contribution in [3.05, 3.63) is 40.6 Å². The first-order chi connectivity index (χ1) is 14.7. The third-order valence-corrected chi connectivity index (χ3v) is 6.34. The monoisotopic (exact) mass is 424 g/mol. The third-order valence-electron chi connectivity index (χ3n) is 6.34. The van der Waals surface area contributed by atoms with E-state index in [0.29, 0.717) is 24.4 Å². The Morgan fingerprint density at radius 2 is 1.94 bits per heavy atom. The van der Waals surface area contributed by atoms with Crippen molar-refractivity contribution in [3.63, 3.8) is 0 Å². The lowest BCUT2D eigenvalue weighted by Gasteiger charge is -2.51. The van der Waals surface area contributed by atoms with Gasteiger partial charge in [-0.1, -0.05) is 25.9 Å². The minimum absolute atomic E-state index is 0.0113. The van der Waals surface area contributed by atoms with Crippen molar-refractivity contribution in [1.29, 1.82) is 0 Å². The zero-order valence-corrected chi connectivity index (χ0v) is 18.4. The maximum Gasteiger partial charge on any atom is 0.330 e. The van der Waals surface area contributed by atoms with E-state index in [4.69, 9.17) is 9.51 Å². The number of fused-ring (bicyclic) bond motifs is 4. The largest absolute Gasteiger partial charge is 0.364 e. The van der Waals surface area contributed by atoms with Crippen LogP contribution in [-0.4, -0.2) is 55.3 Å². The van der Waals surface area contributed by atoms with Gasteiger partial charge in [-0.25, -0.2) is 9.78 Å². The highest BCUT2D eigenvalue weighted by atomic mass is 16.5. The molecule has 3 aliphatic rings. The molecule has 3 fully saturated rings. The molecule has 0 aliphatic carbocycles. The molecule has 31 heavy (non-hydrogen) atoms. The first kappa shape index (κ1) is 19.8. The van der Waals surface area contributed by atoms with Crippen molar-refractivity contribution in [2.24, 2.45) is 12.5 Å². The van der Waals surface area contributed by atoms with Crippen LogP contribution in [0.4, 0.5) is 5.82 Å². The summed E-state index contributed by atoms with van der Waals surface area (Å²) in [6, 6.07) is 5.93. The second-order valence-electron chi connectivity index (χ2n) is 9.88. The number of hydrogen-bond acceptors (Lipinski definition) is 6. The van der Waals surface area contributed by atoms with Crippen molar-refractivity contribution < 1.29 is 9.32 Å². The lowest BCUT2D eigenvalue weighted by atomic mass is 9.90. The van der Waals surface area contributed by atoms with Crippen LogP contribution in [0.5, 0.6) is 0 Å². The summed E-state index contributed by atoms with van der Waals surface area (Å²) in [4.78, 5) is 34.7. The van der Waals surface area contributed by atoms with Crippen LogP contribution in [0.3, 0.4) is 0 Å². The van der Waals surface area contributed by atoms with Crippen molar-refractivity contribution in [2.75, 3.05) is 18.0 Å². The Hall–Kier alpha value is -3.10. The third kappa shape index (κ3) is 3.32. The van der Waals surface area contributed by atoms with Gasteiger partial charge in [-0.2, -0.15) is 0 Å². The van der Waals surface area contributed by atoms with Crippen LogP contribution in [0.1, 0.15) is 44.1 Å². The molecule has 6 rings (SSSR count). The van der Waals surface area contributed by atoms with Crippen molar-refractivity contribution in [2.45, 2.75) is 52.2 Å². The van der Waals surface area contributed by atoms with E-state index in [2.05, 4.69) is 30.8 Å². The number of aryl methyl sites for hydroxylation is 1. The van der Waals surface area contributed by atoms with Gasteiger partial charge in [0.15, 0.2) is 11.3 Å². The molecule has 1 amide bonds. The molecule has 3 saturated heterocycles. The van der Waals surface area contributed by atoms with Gasteiger partial charge in [-0.15, -0.1) is 0 Å². The SMILES string of the molecule is Cn1c(=O)n(CC(C)(C)C)c2ccc(N3C[C@@H]4CC[C@H]3CN4C(=O)c3ccon3)nc21. The molecule has 9 heteroatoms. The van der Waals surface area contributed by atoms with Crippen LogP contribution in [0.15, 0.2) is 33.8 Å². The minimum atomic E-state index is -0.0758. The summed E-state index contributed by atoms with van der Waals surface area (Å²) in [5, 5.41) is 3.80. The number of rotatable bonds is 3. The number of carbonyl (C=O) groups excluding carboxylic acids is 1. The van der Waals surface area contributed by atoms with E-state index >= 15 is 0 Å². The van der Waals surface area contributed by atoms with Gasteiger partial charge < -0.3 is 14.3 Å². The predicted octanol–water partition coefficient (Wildman–Crippen LogP) is 2.26. The zero-order valence-electron chi connectivity index (χ0n) is 18.4. The molecular formula is C22H28N6O3. The molecular weight excluding hydrogens is 396 g/mol. The van der Waals surface area contributed by atoms with E-state index in [0.717, 1.165) is 30.7 Å². The molecule has 6 heterocycles. The van der Waals surface area contributed by atoms with Crippen LogP contribution in [0, 0.1) is 5.41 Å². The number of piperidine rings is 2. The fourth-order valence-electron chi connectivity index (χ4n) is 4.88. The Balaban J connectivity index is 1.44. The second-order valence-corrected chi connectivity index (χ2v) is 9.88. The summed E-state index contributed by atoms with van der Waals surface area (Å²) in [5.74, 6) is 0.785. The molecule has 0 unspecified atom stereocenters. The van der Waals surface area contributed by atoms with Gasteiger partial charge in [-0.05, 0) is 30.4 Å². The summed E-state index contributed by atoms with van der Waals surface area (Å²) >= 11 is 0. The van der Waals surface area contributed by atoms with Crippen LogP contribution < -0.4 is 10.6 Å². The van der Waals surface area contributed by atoms with E-state index in [1.807, 2.05) is 21.6 Å². The van der Waals surface area contributed by atoms with Gasteiger partial charge >= 0.3 is 5.69 Å². The molecule has 3 aliphatic heterocycles. The molecule has 2 bridgehead atoms. The van der Waals surface area contributed by atoms with Gasteiger partial charge in [0.25, 0.3) is 5.91 Å². The first-order valence-corrected chi connectivity index (χ1v) is 10.8. The molecule has 0 saturated carbocycles. The summed E-state index contributed by atoms with van der Waals surface area (Å²) in [5.41, 5.74) is 1.86. The summed E-state index contributed by atoms with van der Waals surface area (Å²) in [6.07, 6.45) is 3.40. The highest BCUT2D eigenvalue weighted by Crippen LogP contribution is 2.33. The van der Waals surface area contributed by atoms with E-state index in [1.54, 1.807) is 17.7 Å². The van der Waals surface area contributed by atoms with Crippen LogP contribution >= 0.6 is 0 Å². The maximum absolute atomic E-state index is 12.8. The fraction of sp³-hybridized carbons (Fsp3) is 0.545. The summed E-state index contributed by atoms with van der Waals surface area (Å²) in [7, 11) is 1.78. The molecule has 0 spiro atoms. The Kier molecular flexibility index (Phi) is 4.46. The molecule has 2 atom stereocenters. The van der Waals surface area contributed by atoms with E-state index in [1.165, 1.54) is 6.26 Å². The van der Waals surface area contributed by atoms with Crippen LogP contribution in [0.25, 0.3) is 11.2 Å². The van der Waals surface area contributed by atoms with E-state index < -0.39 is 0 Å². The predicted molar refractivity (Wildman–Crippen MR) is 116 cm³/mol. The van der Waals surface area contributed by atoms with Gasteiger partial charge in [0.1, 0.15) is 12.1 Å². The smallest absolute Gasteiger partial charge is 0.330 e. The summed E-state index contributed by atoms with van der Waals surface area (Å²) < 4.78 is 8.29. The summed E-state index contributed by atoms with van der Waals surface area (Å²) in [6.45, 7) is 8.37. The van der Waals surface area contributed by atoms with E-state index in [-0.39, 0.29) is 29.1 Å². The Labute approximate surface area is 180 Å². The second kappa shape index (κ2) is 6.96. The van der Waals surface area contributed by atoms with Crippen molar-refractivity contribution in [1.82, 2.24) is 24.2 Å². The highest BCUT2D eigenvalue weighted by Gasteiger charge is 2.42. The van der Waals surface area contributed by atoms with Gasteiger partial charge in [0, 0.05) is 44.8 Å². The van der Waals surface area contributed by atoms with Gasteiger partial charge in [0.05, 0.1) is 5.52 Å². The minimum Gasteiger partial charge on any atom is -0.364 e. The van der Waals surface area contributed by atoms with E-state index in [9.17, 15) is 9.59 Å². The molecule has 0 radical (unpaired) electrons. The standard InChI is InChI=1S/C22H28N6O3/c1-22(2,3)13-28-17-7-8-18(23-19(17)25(4)21(28)30)26-11-15-6-5-14(26)12-27(15)20(29)16-9-10-31-24-16/h7-10,14-15H,5-6,11-13H2,1-4H3/t14-,15-/m0/s1. The maximum atomic E-state index is 12.8. The Morgan fingerprint density at radius 1 is 1.16 bits per heavy atom. The van der Waals surface area contributed by atoms with Crippen LogP contribution in [-0.2, 0) is 13.6 Å². The van der Waals surface area contributed by atoms with Gasteiger partial charge in [0.2, 0.25) is 0 Å². The number of nitrogens with zero attached hydrogens (tertiary/aromatic N) is 6. The lowest BCUT2D eigenvalue weighted by Crippen LogP contribution is -2.64. The molecule has 0 aromatic carbocycles. The molecule has 9 nitrogen and oxygen atoms in total. The average Bonchev–Trinajstić information content (AvgIpc) is 3.36. The number of pyridine rings is 1. The first-order valence-electron chi connectivity index (χ1n) is 10.8. The number of hydrogen-bond donors (Lipinski definition) is 0. The number of anilines is 1. The molecule has 164 valence electrons. The molecule has 3 aromatic rings. The zero-order chi connectivity index (χ0) is 21.9. The fourth-order valence-corrected chi connectivity index (χ4v) is 4.88. The van der Waals surface area contributed by atoms with Crippen LogP contribution in [0.2, 0.25) is 0 Å². The number of imidazole rings is 1. The molecule has 3 aromatic heterocycles. The quantitative estimate of drug-likeness (QED) is 0.641. The van der Waals surface area contributed by atoms with Crippen molar-refractivity contribution >= 4 is 22.9 Å². The van der Waals surface area contributed by atoms with Gasteiger partial charge in [-0.3, -0.25) is 13.9 Å². The Bertz CT molecular complexity index is 1190. The topological polar surface area (TPSA) is 89.4 Å². The van der Waals surface area contributed by atoms with Crippen molar-refractivity contribution in [3.8, 4) is 0 Å². The molecule has 0 N–H and O–H groups in total. The number of piperazine rings is 1. The average molecular weight is 425 g/mol. The normalized spacial score (nSPS) is 21.3.